The van der Waals surface area contributed by atoms with Crippen LogP contribution in [0.2, 0.25) is 0 Å². The van der Waals surface area contributed by atoms with E-state index in [0.29, 0.717) is 26.4 Å². The van der Waals surface area contributed by atoms with Gasteiger partial charge >= 0.3 is 6.09 Å². The highest BCUT2D eigenvalue weighted by Gasteiger charge is 2.24. The number of amides is 1. The Hall–Kier alpha value is -1.55. The molecule has 0 spiro atoms. The normalized spacial score (nSPS) is 20.1. The largest absolute Gasteiger partial charge is 0.445 e. The number of morpholine rings is 1. The Bertz CT molecular complexity index is 366. The number of rotatable bonds is 2. The number of carbonyl (C=O) groups is 1. The fourth-order valence-corrected chi connectivity index (χ4v) is 1.80. The molecule has 1 amide bonds. The number of ether oxygens (including phenoxy) is 2. The molecule has 1 heterocycles. The lowest BCUT2D eigenvalue weighted by atomic mass is 10.2. The van der Waals surface area contributed by atoms with Crippen molar-refractivity contribution in [3.8, 4) is 0 Å². The Labute approximate surface area is 101 Å². The molecule has 1 aromatic rings. The third kappa shape index (κ3) is 3.20. The van der Waals surface area contributed by atoms with E-state index < -0.39 is 0 Å². The second-order valence-corrected chi connectivity index (χ2v) is 4.16. The van der Waals surface area contributed by atoms with Crippen molar-refractivity contribution in [1.82, 2.24) is 4.90 Å². The lowest BCUT2D eigenvalue weighted by molar-refractivity contribution is -0.00483. The number of carbonyl (C=O) groups excluding carboxylic acids is 1. The van der Waals surface area contributed by atoms with Gasteiger partial charge in [-0.3, -0.25) is 0 Å². The molecule has 2 rings (SSSR count). The van der Waals surface area contributed by atoms with Gasteiger partial charge in [-0.2, -0.15) is 0 Å². The molecule has 0 radical (unpaired) electrons. The monoisotopic (exact) mass is 235 g/mol. The summed E-state index contributed by atoms with van der Waals surface area (Å²) in [6, 6.07) is 9.77. The van der Waals surface area contributed by atoms with Crippen molar-refractivity contribution in [3.05, 3.63) is 35.9 Å². The van der Waals surface area contributed by atoms with Gasteiger partial charge in [0, 0.05) is 6.54 Å². The molecule has 0 N–H and O–H groups in total. The number of nitrogens with zero attached hydrogens (tertiary/aromatic N) is 1. The molecule has 0 saturated carbocycles. The van der Waals surface area contributed by atoms with Crippen LogP contribution in [0.3, 0.4) is 0 Å². The highest BCUT2D eigenvalue weighted by Crippen LogP contribution is 2.09. The van der Waals surface area contributed by atoms with Crippen LogP contribution in [0.5, 0.6) is 0 Å². The van der Waals surface area contributed by atoms with Crippen LogP contribution in [0.1, 0.15) is 12.5 Å². The fourth-order valence-electron chi connectivity index (χ4n) is 1.80. The van der Waals surface area contributed by atoms with Crippen LogP contribution in [0.15, 0.2) is 30.3 Å². The van der Waals surface area contributed by atoms with Gasteiger partial charge in [-0.05, 0) is 12.5 Å². The maximum absolute atomic E-state index is 11.8. The molecule has 1 aliphatic heterocycles. The van der Waals surface area contributed by atoms with Gasteiger partial charge in [-0.1, -0.05) is 30.3 Å². The molecular weight excluding hydrogens is 218 g/mol. The summed E-state index contributed by atoms with van der Waals surface area (Å²) in [4.78, 5) is 13.5. The Balaban J connectivity index is 1.84. The maximum Gasteiger partial charge on any atom is 0.410 e. The van der Waals surface area contributed by atoms with E-state index in [1.54, 1.807) is 4.90 Å². The molecule has 4 heteroatoms. The summed E-state index contributed by atoms with van der Waals surface area (Å²) < 4.78 is 10.5. The minimum atomic E-state index is -0.260. The van der Waals surface area contributed by atoms with E-state index in [2.05, 4.69) is 0 Å². The van der Waals surface area contributed by atoms with Gasteiger partial charge in [-0.25, -0.2) is 4.79 Å². The van der Waals surface area contributed by atoms with Gasteiger partial charge in [0.05, 0.1) is 19.3 Å². The molecule has 1 fully saturated rings. The van der Waals surface area contributed by atoms with Gasteiger partial charge in [0.2, 0.25) is 0 Å². The first kappa shape index (κ1) is 11.9. The number of benzene rings is 1. The molecule has 1 unspecified atom stereocenters. The smallest absolute Gasteiger partial charge is 0.410 e. The van der Waals surface area contributed by atoms with Crippen molar-refractivity contribution in [3.63, 3.8) is 0 Å². The van der Waals surface area contributed by atoms with Crippen molar-refractivity contribution in [2.75, 3.05) is 19.8 Å². The molecule has 1 atom stereocenters. The van der Waals surface area contributed by atoms with Crippen LogP contribution in [-0.4, -0.2) is 36.8 Å². The van der Waals surface area contributed by atoms with Gasteiger partial charge in [0.25, 0.3) is 0 Å². The van der Waals surface area contributed by atoms with Crippen LogP contribution in [-0.2, 0) is 16.1 Å². The summed E-state index contributed by atoms with van der Waals surface area (Å²) in [5.74, 6) is 0. The molecule has 4 nitrogen and oxygen atoms in total. The zero-order valence-electron chi connectivity index (χ0n) is 9.96. The first-order chi connectivity index (χ1) is 8.27. The third-order valence-corrected chi connectivity index (χ3v) is 2.81. The van der Waals surface area contributed by atoms with E-state index in [9.17, 15) is 4.79 Å². The van der Waals surface area contributed by atoms with Gasteiger partial charge in [0.15, 0.2) is 0 Å². The fraction of sp³-hybridized carbons (Fsp3) is 0.462. The van der Waals surface area contributed by atoms with Crippen molar-refractivity contribution in [2.45, 2.75) is 19.6 Å². The maximum atomic E-state index is 11.8. The van der Waals surface area contributed by atoms with E-state index in [1.807, 2.05) is 37.3 Å². The Morgan fingerprint density at radius 3 is 2.94 bits per heavy atom. The zero-order chi connectivity index (χ0) is 12.1. The summed E-state index contributed by atoms with van der Waals surface area (Å²) in [5, 5.41) is 0. The standard InChI is InChI=1S/C13H17NO3/c1-11-9-16-8-7-14(11)13(15)17-10-12-5-3-2-4-6-12/h2-6,11H,7-10H2,1H3. The predicted molar refractivity (Wildman–Crippen MR) is 63.6 cm³/mol. The summed E-state index contributed by atoms with van der Waals surface area (Å²) in [6.07, 6.45) is -0.260. The minimum absolute atomic E-state index is 0.0898. The zero-order valence-corrected chi connectivity index (χ0v) is 9.96. The first-order valence-corrected chi connectivity index (χ1v) is 5.82. The van der Waals surface area contributed by atoms with E-state index in [4.69, 9.17) is 9.47 Å². The lowest BCUT2D eigenvalue weighted by Gasteiger charge is -2.32. The van der Waals surface area contributed by atoms with Crippen molar-refractivity contribution in [2.24, 2.45) is 0 Å². The van der Waals surface area contributed by atoms with E-state index in [1.165, 1.54) is 0 Å². The molecule has 1 aliphatic rings. The average molecular weight is 235 g/mol. The Morgan fingerprint density at radius 2 is 2.24 bits per heavy atom. The molecule has 0 bridgehead atoms. The van der Waals surface area contributed by atoms with Crippen LogP contribution in [0.25, 0.3) is 0 Å². The summed E-state index contributed by atoms with van der Waals surface area (Å²) in [5.41, 5.74) is 1.00. The second-order valence-electron chi connectivity index (χ2n) is 4.16. The molecule has 0 aliphatic carbocycles. The lowest BCUT2D eigenvalue weighted by Crippen LogP contribution is -2.47. The molecule has 1 saturated heterocycles. The highest BCUT2D eigenvalue weighted by atomic mass is 16.6. The third-order valence-electron chi connectivity index (χ3n) is 2.81. The highest BCUT2D eigenvalue weighted by molar-refractivity contribution is 5.68. The number of hydrogen-bond donors (Lipinski definition) is 0. The van der Waals surface area contributed by atoms with Crippen LogP contribution < -0.4 is 0 Å². The first-order valence-electron chi connectivity index (χ1n) is 5.82. The topological polar surface area (TPSA) is 38.8 Å². The molecule has 1 aromatic carbocycles. The summed E-state index contributed by atoms with van der Waals surface area (Å²) in [7, 11) is 0. The Kier molecular flexibility index (Phi) is 3.98. The summed E-state index contributed by atoms with van der Waals surface area (Å²) in [6.45, 7) is 4.06. The SMILES string of the molecule is CC1COCCN1C(=O)OCc1ccccc1. The van der Waals surface area contributed by atoms with Crippen LogP contribution >= 0.6 is 0 Å². The van der Waals surface area contributed by atoms with E-state index in [-0.39, 0.29) is 12.1 Å². The molecule has 92 valence electrons. The number of hydrogen-bond acceptors (Lipinski definition) is 3. The molecule has 0 aromatic heterocycles. The van der Waals surface area contributed by atoms with Gasteiger partial charge in [0.1, 0.15) is 6.61 Å². The molecular formula is C13H17NO3. The quantitative estimate of drug-likeness (QED) is 0.787. The van der Waals surface area contributed by atoms with E-state index in [0.717, 1.165) is 5.56 Å². The molecule has 17 heavy (non-hydrogen) atoms. The van der Waals surface area contributed by atoms with Crippen molar-refractivity contribution >= 4 is 6.09 Å². The average Bonchev–Trinajstić information content (AvgIpc) is 2.38. The van der Waals surface area contributed by atoms with Gasteiger partial charge < -0.3 is 14.4 Å². The van der Waals surface area contributed by atoms with Crippen molar-refractivity contribution in [1.29, 1.82) is 0 Å². The van der Waals surface area contributed by atoms with Gasteiger partial charge in [-0.15, -0.1) is 0 Å². The van der Waals surface area contributed by atoms with Crippen LogP contribution in [0.4, 0.5) is 4.79 Å². The second kappa shape index (κ2) is 5.68. The van der Waals surface area contributed by atoms with E-state index >= 15 is 0 Å². The predicted octanol–water partition coefficient (Wildman–Crippen LogP) is 2.04. The van der Waals surface area contributed by atoms with Crippen molar-refractivity contribution < 1.29 is 14.3 Å². The Morgan fingerprint density at radius 1 is 1.47 bits per heavy atom. The minimum Gasteiger partial charge on any atom is -0.445 e. The van der Waals surface area contributed by atoms with Crippen LogP contribution in [0, 0.1) is 0 Å². The summed E-state index contributed by atoms with van der Waals surface area (Å²) >= 11 is 0.